The summed E-state index contributed by atoms with van der Waals surface area (Å²) in [6.45, 7) is 4.27. The number of thiocarbonyl (C=S) groups is 1. The number of hydrogen-bond donors (Lipinski definition) is 2. The molecule has 40 heavy (non-hydrogen) atoms. The Balaban J connectivity index is 1.40. The molecule has 2 aromatic carbocycles. The largest absolute Gasteiger partial charge is 0.478 e. The van der Waals surface area contributed by atoms with E-state index >= 15 is 0 Å². The number of nitrogens with one attached hydrogen (secondary N) is 1. The van der Waals surface area contributed by atoms with E-state index in [2.05, 4.69) is 28.2 Å². The summed E-state index contributed by atoms with van der Waals surface area (Å²) in [5.41, 5.74) is 3.36. The highest BCUT2D eigenvalue weighted by molar-refractivity contribution is 7.80. The van der Waals surface area contributed by atoms with Crippen molar-refractivity contribution in [3.63, 3.8) is 0 Å². The molecule has 9 heteroatoms. The fourth-order valence-corrected chi connectivity index (χ4v) is 6.25. The van der Waals surface area contributed by atoms with Crippen molar-refractivity contribution in [3.8, 4) is 11.3 Å². The standard InChI is InChI=1S/C31H29ClN4O3S/c1-19-13-16-35(17-14-19)25-10-9-20(18-23(25)32)36-29(28(34-31(36)40)24-8-4-5-15-33-24)27-12-11-26(39-27)21-6-2-3-7-22(21)30(37)38/h2-12,15,18-19,28-29H,13-14,16-17H2,1H3,(H,34,40)(H,37,38)/t28-,29+/m0/s1. The van der Waals surface area contributed by atoms with Gasteiger partial charge in [-0.15, -0.1) is 0 Å². The van der Waals surface area contributed by atoms with E-state index in [0.29, 0.717) is 27.2 Å². The van der Waals surface area contributed by atoms with Gasteiger partial charge in [-0.3, -0.25) is 4.98 Å². The summed E-state index contributed by atoms with van der Waals surface area (Å²) < 4.78 is 6.38. The molecule has 6 rings (SSSR count). The molecule has 4 aromatic rings. The Kier molecular flexibility index (Phi) is 7.21. The van der Waals surface area contributed by atoms with Crippen molar-refractivity contribution >= 4 is 46.3 Å². The molecule has 0 saturated carbocycles. The van der Waals surface area contributed by atoms with Crippen LogP contribution >= 0.6 is 23.8 Å². The number of hydrogen-bond acceptors (Lipinski definition) is 5. The van der Waals surface area contributed by atoms with Gasteiger partial charge in [-0.1, -0.05) is 42.8 Å². The number of furan rings is 1. The number of carboxylic acid groups (broad SMARTS) is 1. The third-order valence-electron chi connectivity index (χ3n) is 7.77. The number of aromatic nitrogens is 1. The van der Waals surface area contributed by atoms with Crippen LogP contribution in [0.2, 0.25) is 5.02 Å². The summed E-state index contributed by atoms with van der Waals surface area (Å²) in [7, 11) is 0. The number of carboxylic acids is 1. The van der Waals surface area contributed by atoms with Crippen LogP contribution in [0.15, 0.2) is 83.4 Å². The molecule has 2 aromatic heterocycles. The second-order valence-corrected chi connectivity index (χ2v) is 11.1. The molecule has 0 aliphatic carbocycles. The zero-order chi connectivity index (χ0) is 27.8. The molecule has 0 unspecified atom stereocenters. The lowest BCUT2D eigenvalue weighted by molar-refractivity contribution is 0.0697. The maximum atomic E-state index is 11.9. The van der Waals surface area contributed by atoms with Crippen LogP contribution in [0.25, 0.3) is 11.3 Å². The molecule has 0 amide bonds. The topological polar surface area (TPSA) is 81.8 Å². The predicted molar refractivity (Wildman–Crippen MR) is 161 cm³/mol. The first-order chi connectivity index (χ1) is 19.4. The second kappa shape index (κ2) is 10.9. The lowest BCUT2D eigenvalue weighted by Crippen LogP contribution is -2.33. The Morgan fingerprint density at radius 3 is 2.58 bits per heavy atom. The second-order valence-electron chi connectivity index (χ2n) is 10.4. The smallest absolute Gasteiger partial charge is 0.336 e. The average molecular weight is 573 g/mol. The number of rotatable bonds is 6. The number of halogens is 1. The number of aromatic carboxylic acids is 1. The molecular formula is C31H29ClN4O3S. The summed E-state index contributed by atoms with van der Waals surface area (Å²) in [5.74, 6) is 0.817. The molecule has 2 saturated heterocycles. The number of benzene rings is 2. The van der Waals surface area contributed by atoms with Crippen LogP contribution in [0.3, 0.4) is 0 Å². The Labute approximate surface area is 243 Å². The SMILES string of the molecule is CC1CCN(c2ccc(N3C(=S)N[C@@H](c4ccccn4)[C@H]3c3ccc(-c4ccccc4C(=O)O)o3)cc2Cl)CC1. The van der Waals surface area contributed by atoms with Gasteiger partial charge >= 0.3 is 5.97 Å². The van der Waals surface area contributed by atoms with Crippen LogP contribution in [-0.2, 0) is 0 Å². The lowest BCUT2D eigenvalue weighted by atomic mass is 9.98. The maximum Gasteiger partial charge on any atom is 0.336 e. The van der Waals surface area contributed by atoms with E-state index < -0.39 is 5.97 Å². The Hall–Kier alpha value is -3.88. The first-order valence-electron chi connectivity index (χ1n) is 13.4. The van der Waals surface area contributed by atoms with Gasteiger partial charge in [0, 0.05) is 30.5 Å². The van der Waals surface area contributed by atoms with Crippen molar-refractivity contribution in [2.45, 2.75) is 31.8 Å². The Morgan fingerprint density at radius 1 is 1.07 bits per heavy atom. The van der Waals surface area contributed by atoms with Gasteiger partial charge in [0.25, 0.3) is 0 Å². The van der Waals surface area contributed by atoms with Crippen LogP contribution < -0.4 is 15.1 Å². The summed E-state index contributed by atoms with van der Waals surface area (Å²) in [6, 6.07) is 21.7. The van der Waals surface area contributed by atoms with E-state index in [0.717, 1.165) is 48.9 Å². The molecule has 2 aliphatic rings. The summed E-state index contributed by atoms with van der Waals surface area (Å²) in [5, 5.41) is 14.4. The van der Waals surface area contributed by atoms with E-state index in [9.17, 15) is 9.90 Å². The normalized spacial score (nSPS) is 19.6. The summed E-state index contributed by atoms with van der Waals surface area (Å²) in [4.78, 5) is 20.8. The molecule has 0 bridgehead atoms. The lowest BCUT2D eigenvalue weighted by Gasteiger charge is -2.33. The molecule has 204 valence electrons. The third-order valence-corrected chi connectivity index (χ3v) is 8.39. The van der Waals surface area contributed by atoms with Crippen molar-refractivity contribution < 1.29 is 14.3 Å². The molecule has 2 atom stereocenters. The van der Waals surface area contributed by atoms with Gasteiger partial charge in [-0.25, -0.2) is 4.79 Å². The number of nitrogens with zero attached hydrogens (tertiary/aromatic N) is 3. The summed E-state index contributed by atoms with van der Waals surface area (Å²) >= 11 is 12.7. The van der Waals surface area contributed by atoms with Gasteiger partial charge in [0.2, 0.25) is 0 Å². The molecular weight excluding hydrogens is 544 g/mol. The van der Waals surface area contributed by atoms with Gasteiger partial charge < -0.3 is 24.6 Å². The quantitative estimate of drug-likeness (QED) is 0.237. The van der Waals surface area contributed by atoms with Crippen LogP contribution in [0.1, 0.15) is 53.7 Å². The van der Waals surface area contributed by atoms with Gasteiger partial charge in [0.05, 0.1) is 28.0 Å². The number of anilines is 2. The average Bonchev–Trinajstić information content (AvgIpc) is 3.58. The van der Waals surface area contributed by atoms with Crippen molar-refractivity contribution in [2.24, 2.45) is 5.92 Å². The van der Waals surface area contributed by atoms with Crippen molar-refractivity contribution in [1.82, 2.24) is 10.3 Å². The van der Waals surface area contributed by atoms with Gasteiger partial charge in [0.15, 0.2) is 5.11 Å². The molecule has 7 nitrogen and oxygen atoms in total. The minimum atomic E-state index is -1.01. The zero-order valence-corrected chi connectivity index (χ0v) is 23.5. The third kappa shape index (κ3) is 4.93. The van der Waals surface area contributed by atoms with Gasteiger partial charge in [0.1, 0.15) is 17.6 Å². The minimum absolute atomic E-state index is 0.177. The van der Waals surface area contributed by atoms with E-state index in [4.69, 9.17) is 28.2 Å². The number of carbonyl (C=O) groups is 1. The molecule has 2 N–H and O–H groups in total. The Bertz CT molecular complexity index is 1550. The molecule has 2 aliphatic heterocycles. The van der Waals surface area contributed by atoms with Crippen molar-refractivity contribution in [1.29, 1.82) is 0 Å². The van der Waals surface area contributed by atoms with E-state index in [1.54, 1.807) is 36.5 Å². The van der Waals surface area contributed by atoms with E-state index in [-0.39, 0.29) is 17.6 Å². The first kappa shape index (κ1) is 26.3. The molecule has 2 fully saturated rings. The van der Waals surface area contributed by atoms with Crippen LogP contribution in [-0.4, -0.2) is 34.3 Å². The first-order valence-corrected chi connectivity index (χ1v) is 14.2. The van der Waals surface area contributed by atoms with E-state index in [1.165, 1.54) is 0 Å². The van der Waals surface area contributed by atoms with Crippen LogP contribution in [0.5, 0.6) is 0 Å². The highest BCUT2D eigenvalue weighted by Crippen LogP contribution is 2.44. The molecule has 4 heterocycles. The van der Waals surface area contributed by atoms with Crippen molar-refractivity contribution in [3.05, 3.63) is 101 Å². The Morgan fingerprint density at radius 2 is 1.85 bits per heavy atom. The van der Waals surface area contributed by atoms with Crippen LogP contribution in [0, 0.1) is 5.92 Å². The molecule has 0 spiro atoms. The highest BCUT2D eigenvalue weighted by atomic mass is 35.5. The monoisotopic (exact) mass is 572 g/mol. The van der Waals surface area contributed by atoms with Crippen LogP contribution in [0.4, 0.5) is 11.4 Å². The van der Waals surface area contributed by atoms with Gasteiger partial charge in [-0.2, -0.15) is 0 Å². The fourth-order valence-electron chi connectivity index (χ4n) is 5.61. The minimum Gasteiger partial charge on any atom is -0.478 e. The fraction of sp³-hybridized carbons (Fsp3) is 0.258. The number of pyridine rings is 1. The summed E-state index contributed by atoms with van der Waals surface area (Å²) in [6.07, 6.45) is 4.05. The maximum absolute atomic E-state index is 11.9. The predicted octanol–water partition coefficient (Wildman–Crippen LogP) is 7.11. The number of piperidine rings is 1. The zero-order valence-electron chi connectivity index (χ0n) is 22.0. The highest BCUT2D eigenvalue weighted by Gasteiger charge is 2.43. The van der Waals surface area contributed by atoms with Gasteiger partial charge in [-0.05, 0) is 79.5 Å². The molecule has 0 radical (unpaired) electrons. The van der Waals surface area contributed by atoms with Crippen molar-refractivity contribution in [2.75, 3.05) is 22.9 Å². The van der Waals surface area contributed by atoms with E-state index in [1.807, 2.05) is 41.3 Å².